The normalized spacial score (nSPS) is 16.0. The van der Waals surface area contributed by atoms with Gasteiger partial charge in [-0.25, -0.2) is 0 Å². The third-order valence-electron chi connectivity index (χ3n) is 11.3. The molecule has 0 aliphatic heterocycles. The van der Waals surface area contributed by atoms with Gasteiger partial charge in [-0.15, -0.1) is 0 Å². The van der Waals surface area contributed by atoms with E-state index in [-0.39, 0.29) is 11.6 Å². The fourth-order valence-electron chi connectivity index (χ4n) is 8.80. The predicted octanol–water partition coefficient (Wildman–Crippen LogP) is 12.4. The molecule has 52 heavy (non-hydrogen) atoms. The molecule has 2 aliphatic rings. The molecule has 0 saturated heterocycles. The van der Waals surface area contributed by atoms with E-state index in [2.05, 4.69) is 194 Å². The van der Waals surface area contributed by atoms with Crippen LogP contribution < -0.4 is 10.2 Å². The highest BCUT2D eigenvalue weighted by atomic mass is 15.3. The first-order valence-corrected chi connectivity index (χ1v) is 18.4. The molecule has 6 aromatic carbocycles. The summed E-state index contributed by atoms with van der Waals surface area (Å²) in [5, 5.41) is 5.18. The highest BCUT2D eigenvalue weighted by molar-refractivity contribution is 6.07. The number of hydrogen-bond acceptors (Lipinski definition) is 2. The van der Waals surface area contributed by atoms with Gasteiger partial charge in [-0.2, -0.15) is 0 Å². The van der Waals surface area contributed by atoms with E-state index >= 15 is 0 Å². The minimum Gasteiger partial charge on any atom is -0.361 e. The molecule has 254 valence electrons. The lowest BCUT2D eigenvalue weighted by molar-refractivity contribution is 0.661. The van der Waals surface area contributed by atoms with Crippen molar-refractivity contribution < 1.29 is 0 Å². The van der Waals surface area contributed by atoms with Gasteiger partial charge in [0.15, 0.2) is 0 Å². The third-order valence-corrected chi connectivity index (χ3v) is 11.3. The highest BCUT2D eigenvalue weighted by Crippen LogP contribution is 2.54. The smallest absolute Gasteiger partial charge is 0.129 e. The summed E-state index contributed by atoms with van der Waals surface area (Å²) in [5.41, 5.74) is 16.5. The molecule has 7 aromatic rings. The first-order chi connectivity index (χ1) is 25.4. The van der Waals surface area contributed by atoms with E-state index in [1.165, 1.54) is 55.6 Å². The Morgan fingerprint density at radius 3 is 2.21 bits per heavy atom. The number of nitrogens with one attached hydrogen (secondary N) is 1. The lowest BCUT2D eigenvalue weighted by Gasteiger charge is -2.33. The van der Waals surface area contributed by atoms with Gasteiger partial charge in [0.1, 0.15) is 6.17 Å². The molecule has 0 saturated carbocycles. The molecule has 2 aliphatic carbocycles. The zero-order chi connectivity index (χ0) is 35.4. The van der Waals surface area contributed by atoms with Crippen LogP contribution in [-0.2, 0) is 11.8 Å². The Balaban J connectivity index is 1.27. The van der Waals surface area contributed by atoms with Crippen LogP contribution >= 0.6 is 0 Å². The maximum absolute atomic E-state index is 4.33. The van der Waals surface area contributed by atoms with Crippen molar-refractivity contribution in [1.82, 2.24) is 4.57 Å². The van der Waals surface area contributed by atoms with Crippen LogP contribution in [0.25, 0.3) is 39.4 Å². The van der Waals surface area contributed by atoms with Gasteiger partial charge >= 0.3 is 0 Å². The zero-order valence-electron chi connectivity index (χ0n) is 30.1. The number of anilines is 2. The van der Waals surface area contributed by atoms with E-state index in [9.17, 15) is 0 Å². The quantitative estimate of drug-likeness (QED) is 0.162. The molecular weight excluding hydrogens is 631 g/mol. The Kier molecular flexibility index (Phi) is 7.73. The number of aromatic nitrogens is 1. The lowest BCUT2D eigenvalue weighted by atomic mass is 9.81. The van der Waals surface area contributed by atoms with Crippen molar-refractivity contribution in [3.05, 3.63) is 198 Å². The van der Waals surface area contributed by atoms with E-state index in [0.29, 0.717) is 5.92 Å². The minimum absolute atomic E-state index is 0.0665. The molecule has 1 aromatic heterocycles. The number of allylic oxidation sites excluding steroid dienone is 1. The van der Waals surface area contributed by atoms with E-state index in [4.69, 9.17) is 0 Å². The summed E-state index contributed by atoms with van der Waals surface area (Å²) in [7, 11) is 0. The predicted molar refractivity (Wildman–Crippen MR) is 220 cm³/mol. The van der Waals surface area contributed by atoms with Crippen LogP contribution in [0.15, 0.2) is 164 Å². The average Bonchev–Trinajstić information content (AvgIpc) is 3.63. The molecule has 0 fully saturated rings. The number of hydrogen-bond donors (Lipinski definition) is 1. The topological polar surface area (TPSA) is 20.2 Å². The second-order valence-electron chi connectivity index (χ2n) is 14.8. The van der Waals surface area contributed by atoms with Crippen LogP contribution in [-0.4, -0.2) is 4.57 Å². The Labute approximate surface area is 307 Å². The minimum atomic E-state index is -0.167. The van der Waals surface area contributed by atoms with Crippen LogP contribution in [0.5, 0.6) is 0 Å². The molecule has 0 amide bonds. The standard InChI is InChI=1S/C49H43N3/c1-5-51(48(35-20-11-7-12-21-35)50-36-22-13-8-14-23-36)37-24-17-25-38(31-37)52-44-29-28-43-46(39-26-15-16-27-42(39)49(43,3)4)47(44)41-30-33(2)40(32-45(41)52)34-18-9-6-10-19-34/h5-29,31-33,48,50H,1,30H2,2-4H3. The Bertz CT molecular complexity index is 2470. The zero-order valence-corrected chi connectivity index (χ0v) is 30.1. The molecule has 3 heteroatoms. The van der Waals surface area contributed by atoms with Crippen molar-refractivity contribution >= 4 is 33.9 Å². The largest absolute Gasteiger partial charge is 0.361 e. The maximum Gasteiger partial charge on any atom is 0.129 e. The average molecular weight is 674 g/mol. The molecule has 3 nitrogen and oxygen atoms in total. The van der Waals surface area contributed by atoms with E-state index in [1.54, 1.807) is 0 Å². The number of fused-ring (bicyclic) bond motifs is 7. The van der Waals surface area contributed by atoms with Crippen molar-refractivity contribution in [2.24, 2.45) is 5.92 Å². The first-order valence-electron chi connectivity index (χ1n) is 18.4. The van der Waals surface area contributed by atoms with Gasteiger partial charge in [-0.3, -0.25) is 0 Å². The highest BCUT2D eigenvalue weighted by Gasteiger charge is 2.38. The van der Waals surface area contributed by atoms with Crippen molar-refractivity contribution in [1.29, 1.82) is 0 Å². The number of para-hydroxylation sites is 1. The number of nitrogens with zero attached hydrogens (tertiary/aromatic N) is 2. The molecular formula is C49H43N3. The fraction of sp³-hybridized carbons (Fsp3) is 0.143. The molecule has 2 unspecified atom stereocenters. The molecule has 0 radical (unpaired) electrons. The summed E-state index contributed by atoms with van der Waals surface area (Å²) in [5.74, 6) is 0.382. The molecule has 0 spiro atoms. The van der Waals surface area contributed by atoms with E-state index in [1.807, 2.05) is 12.3 Å². The summed E-state index contributed by atoms with van der Waals surface area (Å²) >= 11 is 0. The third kappa shape index (κ3) is 5.11. The van der Waals surface area contributed by atoms with Gasteiger partial charge in [-0.05, 0) is 106 Å². The van der Waals surface area contributed by atoms with Gasteiger partial charge < -0.3 is 14.8 Å². The number of rotatable bonds is 8. The van der Waals surface area contributed by atoms with Gasteiger partial charge in [0.05, 0.1) is 11.2 Å². The molecule has 0 bridgehead atoms. The fourth-order valence-corrected chi connectivity index (χ4v) is 8.80. The first kappa shape index (κ1) is 31.9. The molecule has 1 N–H and O–H groups in total. The second kappa shape index (κ2) is 12.6. The van der Waals surface area contributed by atoms with E-state index in [0.717, 1.165) is 29.0 Å². The Morgan fingerprint density at radius 1 is 0.769 bits per heavy atom. The van der Waals surface area contributed by atoms with Crippen molar-refractivity contribution in [2.75, 3.05) is 10.2 Å². The monoisotopic (exact) mass is 673 g/mol. The second-order valence-corrected chi connectivity index (χ2v) is 14.8. The maximum atomic E-state index is 4.33. The number of benzene rings is 6. The van der Waals surface area contributed by atoms with Gasteiger partial charge in [0, 0.05) is 27.9 Å². The van der Waals surface area contributed by atoms with Crippen LogP contribution in [0.4, 0.5) is 11.4 Å². The summed E-state index contributed by atoms with van der Waals surface area (Å²) in [6.45, 7) is 11.5. The molecule has 9 rings (SSSR count). The lowest BCUT2D eigenvalue weighted by Crippen LogP contribution is -2.29. The van der Waals surface area contributed by atoms with Crippen LogP contribution in [0.2, 0.25) is 0 Å². The van der Waals surface area contributed by atoms with Crippen molar-refractivity contribution in [2.45, 2.75) is 38.8 Å². The summed E-state index contributed by atoms with van der Waals surface area (Å²) in [6, 6.07) is 54.7. The van der Waals surface area contributed by atoms with Gasteiger partial charge in [0.2, 0.25) is 0 Å². The summed E-state index contributed by atoms with van der Waals surface area (Å²) in [6.07, 6.45) is 5.23. The summed E-state index contributed by atoms with van der Waals surface area (Å²) in [4.78, 5) is 2.24. The molecule has 2 atom stereocenters. The SMILES string of the molecule is C=CN(c1cccc(-n2c3c(c4c5c(ccc42)C(C)(C)c2ccccc2-5)CC(C)C(c2ccccc2)=C3)c1)C(Nc1ccccc1)c1ccccc1. The Hall–Kier alpha value is -6.06. The summed E-state index contributed by atoms with van der Waals surface area (Å²) < 4.78 is 2.51. The molecule has 1 heterocycles. The van der Waals surface area contributed by atoms with Gasteiger partial charge in [0.25, 0.3) is 0 Å². The van der Waals surface area contributed by atoms with Crippen LogP contribution in [0.1, 0.15) is 60.4 Å². The van der Waals surface area contributed by atoms with Crippen LogP contribution in [0, 0.1) is 5.92 Å². The van der Waals surface area contributed by atoms with Crippen LogP contribution in [0.3, 0.4) is 0 Å². The van der Waals surface area contributed by atoms with Crippen molar-refractivity contribution in [3.8, 4) is 16.8 Å². The Morgan fingerprint density at radius 2 is 1.46 bits per heavy atom. The van der Waals surface area contributed by atoms with E-state index < -0.39 is 0 Å². The van der Waals surface area contributed by atoms with Crippen molar-refractivity contribution in [3.63, 3.8) is 0 Å². The van der Waals surface area contributed by atoms with Gasteiger partial charge in [-0.1, -0.05) is 143 Å².